The van der Waals surface area contributed by atoms with E-state index in [-0.39, 0.29) is 5.60 Å². The first-order chi connectivity index (χ1) is 9.69. The van der Waals surface area contributed by atoms with Crippen molar-refractivity contribution >= 4 is 0 Å². The van der Waals surface area contributed by atoms with Gasteiger partial charge in [0.15, 0.2) is 0 Å². The van der Waals surface area contributed by atoms with Gasteiger partial charge in [-0.05, 0) is 68.9 Å². The molecule has 1 spiro atoms. The molecule has 1 saturated heterocycles. The van der Waals surface area contributed by atoms with Gasteiger partial charge in [0.1, 0.15) is 0 Å². The van der Waals surface area contributed by atoms with E-state index in [2.05, 4.69) is 31.2 Å². The fourth-order valence-electron chi connectivity index (χ4n) is 3.80. The second kappa shape index (κ2) is 5.87. The summed E-state index contributed by atoms with van der Waals surface area (Å²) in [6, 6.07) is 9.00. The molecule has 110 valence electrons. The van der Waals surface area contributed by atoms with Crippen molar-refractivity contribution in [2.45, 2.75) is 63.5 Å². The van der Waals surface area contributed by atoms with E-state index in [1.165, 1.54) is 36.8 Å². The van der Waals surface area contributed by atoms with Crippen LogP contribution in [0, 0.1) is 12.8 Å². The summed E-state index contributed by atoms with van der Waals surface area (Å²) in [6.45, 7) is 3.11. The molecule has 0 bridgehead atoms. The van der Waals surface area contributed by atoms with Crippen LogP contribution in [0.2, 0.25) is 0 Å². The van der Waals surface area contributed by atoms with Crippen molar-refractivity contribution in [2.24, 2.45) is 11.7 Å². The summed E-state index contributed by atoms with van der Waals surface area (Å²) < 4.78 is 6.01. The minimum Gasteiger partial charge on any atom is -0.375 e. The van der Waals surface area contributed by atoms with E-state index in [4.69, 9.17) is 10.5 Å². The summed E-state index contributed by atoms with van der Waals surface area (Å²) in [6.07, 6.45) is 8.41. The molecule has 1 aliphatic heterocycles. The number of hydrogen-bond donors (Lipinski definition) is 1. The smallest absolute Gasteiger partial charge is 0.0685 e. The SMILES string of the molecule is Cc1ccccc1CCC(N)C1CCOC2(CCC2)C1. The molecule has 0 amide bonds. The van der Waals surface area contributed by atoms with Gasteiger partial charge < -0.3 is 10.5 Å². The van der Waals surface area contributed by atoms with Crippen molar-refractivity contribution in [2.75, 3.05) is 6.61 Å². The van der Waals surface area contributed by atoms with E-state index in [0.717, 1.165) is 25.9 Å². The van der Waals surface area contributed by atoms with Crippen LogP contribution in [0.5, 0.6) is 0 Å². The lowest BCUT2D eigenvalue weighted by Gasteiger charge is -2.48. The summed E-state index contributed by atoms with van der Waals surface area (Å²) in [5.74, 6) is 0.660. The lowest BCUT2D eigenvalue weighted by atomic mass is 9.70. The van der Waals surface area contributed by atoms with Crippen LogP contribution >= 0.6 is 0 Å². The second-order valence-electron chi connectivity index (χ2n) is 6.77. The third-order valence-electron chi connectivity index (χ3n) is 5.41. The van der Waals surface area contributed by atoms with Crippen LogP contribution in [0.4, 0.5) is 0 Å². The first kappa shape index (κ1) is 14.1. The fourth-order valence-corrected chi connectivity index (χ4v) is 3.80. The molecule has 1 aromatic carbocycles. The van der Waals surface area contributed by atoms with E-state index in [1.54, 1.807) is 0 Å². The summed E-state index contributed by atoms with van der Waals surface area (Å²) in [5, 5.41) is 0. The van der Waals surface area contributed by atoms with Gasteiger partial charge in [0.25, 0.3) is 0 Å². The normalized spacial score (nSPS) is 26.2. The molecular weight excluding hydrogens is 246 g/mol. The van der Waals surface area contributed by atoms with Gasteiger partial charge in [-0.15, -0.1) is 0 Å². The zero-order valence-electron chi connectivity index (χ0n) is 12.6. The van der Waals surface area contributed by atoms with Gasteiger partial charge >= 0.3 is 0 Å². The molecule has 2 heteroatoms. The highest BCUT2D eigenvalue weighted by molar-refractivity contribution is 5.25. The van der Waals surface area contributed by atoms with Gasteiger partial charge in [-0.25, -0.2) is 0 Å². The second-order valence-corrected chi connectivity index (χ2v) is 6.77. The Morgan fingerprint density at radius 2 is 2.15 bits per heavy atom. The lowest BCUT2D eigenvalue weighted by molar-refractivity contribution is -0.146. The van der Waals surface area contributed by atoms with Crippen LogP contribution < -0.4 is 5.73 Å². The lowest BCUT2D eigenvalue weighted by Crippen LogP contribution is -2.49. The topological polar surface area (TPSA) is 35.2 Å². The molecule has 20 heavy (non-hydrogen) atoms. The van der Waals surface area contributed by atoms with Gasteiger partial charge in [0.2, 0.25) is 0 Å². The Hall–Kier alpha value is -0.860. The minimum atomic E-state index is 0.225. The largest absolute Gasteiger partial charge is 0.375 e. The molecule has 1 saturated carbocycles. The van der Waals surface area contributed by atoms with Crippen LogP contribution in [-0.4, -0.2) is 18.2 Å². The van der Waals surface area contributed by atoms with E-state index >= 15 is 0 Å². The van der Waals surface area contributed by atoms with Gasteiger partial charge in [-0.3, -0.25) is 0 Å². The number of benzene rings is 1. The molecule has 2 unspecified atom stereocenters. The molecule has 2 N–H and O–H groups in total. The van der Waals surface area contributed by atoms with Crippen molar-refractivity contribution in [1.82, 2.24) is 0 Å². The molecule has 2 atom stereocenters. The highest BCUT2D eigenvalue weighted by Crippen LogP contribution is 2.45. The Labute approximate surface area is 122 Å². The third-order valence-corrected chi connectivity index (χ3v) is 5.41. The Morgan fingerprint density at radius 1 is 1.35 bits per heavy atom. The van der Waals surface area contributed by atoms with Crippen LogP contribution in [0.15, 0.2) is 24.3 Å². The van der Waals surface area contributed by atoms with Crippen LogP contribution in [0.25, 0.3) is 0 Å². The monoisotopic (exact) mass is 273 g/mol. The number of rotatable bonds is 4. The minimum absolute atomic E-state index is 0.225. The standard InChI is InChI=1S/C18H27NO/c1-14-5-2-3-6-15(14)7-8-17(19)16-9-12-20-18(13-16)10-4-11-18/h2-3,5-6,16-17H,4,7-13,19H2,1H3. The summed E-state index contributed by atoms with van der Waals surface area (Å²) in [5.41, 5.74) is 9.56. The Balaban J connectivity index is 1.54. The molecule has 0 aromatic heterocycles. The van der Waals surface area contributed by atoms with Crippen molar-refractivity contribution in [1.29, 1.82) is 0 Å². The first-order valence-electron chi connectivity index (χ1n) is 8.13. The molecule has 2 nitrogen and oxygen atoms in total. The van der Waals surface area contributed by atoms with Gasteiger partial charge in [0, 0.05) is 12.6 Å². The quantitative estimate of drug-likeness (QED) is 0.909. The zero-order chi connectivity index (χ0) is 14.0. The predicted octanol–water partition coefficient (Wildman–Crippen LogP) is 3.60. The van der Waals surface area contributed by atoms with Crippen molar-refractivity contribution in [3.8, 4) is 0 Å². The maximum Gasteiger partial charge on any atom is 0.0685 e. The van der Waals surface area contributed by atoms with E-state index < -0.39 is 0 Å². The van der Waals surface area contributed by atoms with E-state index in [0.29, 0.717) is 12.0 Å². The number of hydrogen-bond acceptors (Lipinski definition) is 2. The van der Waals surface area contributed by atoms with Crippen LogP contribution in [-0.2, 0) is 11.2 Å². The van der Waals surface area contributed by atoms with Gasteiger partial charge in [-0.2, -0.15) is 0 Å². The first-order valence-corrected chi connectivity index (χ1v) is 8.13. The van der Waals surface area contributed by atoms with Gasteiger partial charge in [-0.1, -0.05) is 24.3 Å². The average molecular weight is 273 g/mol. The zero-order valence-corrected chi connectivity index (χ0v) is 12.6. The number of nitrogens with two attached hydrogens (primary N) is 1. The molecule has 2 aliphatic rings. The van der Waals surface area contributed by atoms with Crippen LogP contribution in [0.1, 0.15) is 49.7 Å². The highest BCUT2D eigenvalue weighted by Gasteiger charge is 2.43. The van der Waals surface area contributed by atoms with E-state index in [1.807, 2.05) is 0 Å². The molecule has 0 radical (unpaired) electrons. The summed E-state index contributed by atoms with van der Waals surface area (Å²) in [4.78, 5) is 0. The summed E-state index contributed by atoms with van der Waals surface area (Å²) in [7, 11) is 0. The van der Waals surface area contributed by atoms with Crippen molar-refractivity contribution in [3.63, 3.8) is 0 Å². The molecule has 2 fully saturated rings. The predicted molar refractivity (Wildman–Crippen MR) is 82.7 cm³/mol. The Bertz CT molecular complexity index is 452. The maximum atomic E-state index is 6.49. The van der Waals surface area contributed by atoms with Crippen LogP contribution in [0.3, 0.4) is 0 Å². The summed E-state index contributed by atoms with van der Waals surface area (Å²) >= 11 is 0. The van der Waals surface area contributed by atoms with Gasteiger partial charge in [0.05, 0.1) is 5.60 Å². The molecular formula is C18H27NO. The highest BCUT2D eigenvalue weighted by atomic mass is 16.5. The van der Waals surface area contributed by atoms with Crippen molar-refractivity contribution < 1.29 is 4.74 Å². The number of ether oxygens (including phenoxy) is 1. The van der Waals surface area contributed by atoms with Crippen molar-refractivity contribution in [3.05, 3.63) is 35.4 Å². The maximum absolute atomic E-state index is 6.49. The Morgan fingerprint density at radius 3 is 2.85 bits per heavy atom. The average Bonchev–Trinajstić information content (AvgIpc) is 2.44. The van der Waals surface area contributed by atoms with E-state index in [9.17, 15) is 0 Å². The molecule has 3 rings (SSSR count). The Kier molecular flexibility index (Phi) is 4.13. The third kappa shape index (κ3) is 2.91. The molecule has 1 aliphatic carbocycles. The fraction of sp³-hybridized carbons (Fsp3) is 0.667. The molecule has 1 heterocycles. The molecule has 1 aromatic rings. The number of aryl methyl sites for hydroxylation is 2.